The number of ether oxygens (including phenoxy) is 1. The van der Waals surface area contributed by atoms with Gasteiger partial charge in [0.25, 0.3) is 5.91 Å². The van der Waals surface area contributed by atoms with E-state index in [0.29, 0.717) is 17.1 Å². The molecule has 98 valence electrons. The van der Waals surface area contributed by atoms with E-state index >= 15 is 0 Å². The number of hydrogen-bond acceptors (Lipinski definition) is 4. The summed E-state index contributed by atoms with van der Waals surface area (Å²) in [4.78, 5) is 11.9. The Morgan fingerprint density at radius 2 is 2.11 bits per heavy atom. The largest absolute Gasteiger partial charge is 0.496 e. The van der Waals surface area contributed by atoms with E-state index in [4.69, 9.17) is 9.15 Å². The lowest BCUT2D eigenvalue weighted by molar-refractivity contribution is 0.0952. The molecule has 5 heteroatoms. The SMILES string of the molecule is COc1ccccc1C(=O)N/N=C/c1ccc(C)o1. The van der Waals surface area contributed by atoms with Crippen molar-refractivity contribution in [1.29, 1.82) is 0 Å². The lowest BCUT2D eigenvalue weighted by atomic mass is 10.2. The lowest BCUT2D eigenvalue weighted by Crippen LogP contribution is -2.18. The maximum Gasteiger partial charge on any atom is 0.275 e. The Bertz CT molecular complexity index is 602. The first-order valence-corrected chi connectivity index (χ1v) is 5.73. The highest BCUT2D eigenvalue weighted by Crippen LogP contribution is 2.16. The van der Waals surface area contributed by atoms with Gasteiger partial charge < -0.3 is 9.15 Å². The highest BCUT2D eigenvalue weighted by atomic mass is 16.5. The van der Waals surface area contributed by atoms with Gasteiger partial charge in [-0.3, -0.25) is 4.79 Å². The monoisotopic (exact) mass is 258 g/mol. The summed E-state index contributed by atoms with van der Waals surface area (Å²) in [7, 11) is 1.51. The molecule has 1 aromatic heterocycles. The van der Waals surface area contributed by atoms with Gasteiger partial charge in [-0.25, -0.2) is 5.43 Å². The molecule has 0 saturated carbocycles. The van der Waals surface area contributed by atoms with Crippen molar-refractivity contribution < 1.29 is 13.9 Å². The van der Waals surface area contributed by atoms with Crippen LogP contribution in [0.4, 0.5) is 0 Å². The summed E-state index contributed by atoms with van der Waals surface area (Å²) in [5, 5.41) is 3.83. The van der Waals surface area contributed by atoms with Crippen LogP contribution in [0.2, 0.25) is 0 Å². The fraction of sp³-hybridized carbons (Fsp3) is 0.143. The average Bonchev–Trinajstić information content (AvgIpc) is 2.84. The van der Waals surface area contributed by atoms with Crippen molar-refractivity contribution in [2.45, 2.75) is 6.92 Å². The van der Waals surface area contributed by atoms with E-state index in [0.717, 1.165) is 5.76 Å². The zero-order valence-corrected chi connectivity index (χ0v) is 10.7. The molecule has 0 aliphatic rings. The van der Waals surface area contributed by atoms with Gasteiger partial charge in [-0.1, -0.05) is 12.1 Å². The van der Waals surface area contributed by atoms with Crippen molar-refractivity contribution in [3.8, 4) is 5.75 Å². The van der Waals surface area contributed by atoms with E-state index in [-0.39, 0.29) is 5.91 Å². The molecule has 2 rings (SSSR count). The molecule has 0 radical (unpaired) electrons. The minimum Gasteiger partial charge on any atom is -0.496 e. The van der Waals surface area contributed by atoms with Crippen LogP contribution < -0.4 is 10.2 Å². The minimum absolute atomic E-state index is 0.336. The molecule has 19 heavy (non-hydrogen) atoms. The van der Waals surface area contributed by atoms with Crippen molar-refractivity contribution >= 4 is 12.1 Å². The second kappa shape index (κ2) is 5.86. The van der Waals surface area contributed by atoms with Crippen LogP contribution in [0, 0.1) is 6.92 Å². The molecule has 0 aliphatic carbocycles. The summed E-state index contributed by atoms with van der Waals surface area (Å²) in [6, 6.07) is 10.5. The third-order valence-electron chi connectivity index (χ3n) is 2.47. The number of hydrogen-bond donors (Lipinski definition) is 1. The first kappa shape index (κ1) is 12.9. The van der Waals surface area contributed by atoms with Crippen LogP contribution in [-0.2, 0) is 0 Å². The van der Waals surface area contributed by atoms with Crippen molar-refractivity contribution in [3.63, 3.8) is 0 Å². The summed E-state index contributed by atoms with van der Waals surface area (Å²) in [5.74, 6) is 1.54. The topological polar surface area (TPSA) is 63.8 Å². The van der Waals surface area contributed by atoms with E-state index in [1.807, 2.05) is 13.0 Å². The zero-order chi connectivity index (χ0) is 13.7. The van der Waals surface area contributed by atoms with E-state index in [2.05, 4.69) is 10.5 Å². The van der Waals surface area contributed by atoms with Crippen molar-refractivity contribution in [2.24, 2.45) is 5.10 Å². The van der Waals surface area contributed by atoms with Crippen LogP contribution in [0.5, 0.6) is 5.75 Å². The Kier molecular flexibility index (Phi) is 3.97. The molecule has 0 spiro atoms. The first-order valence-electron chi connectivity index (χ1n) is 5.73. The number of furan rings is 1. The number of carbonyl (C=O) groups excluding carboxylic acids is 1. The molecule has 5 nitrogen and oxygen atoms in total. The van der Waals surface area contributed by atoms with Gasteiger partial charge in [-0.15, -0.1) is 0 Å². The van der Waals surface area contributed by atoms with Gasteiger partial charge >= 0.3 is 0 Å². The van der Waals surface area contributed by atoms with Gasteiger partial charge in [0.15, 0.2) is 0 Å². The molecule has 1 heterocycles. The van der Waals surface area contributed by atoms with Gasteiger partial charge in [-0.05, 0) is 31.2 Å². The molecule has 0 atom stereocenters. The van der Waals surface area contributed by atoms with E-state index in [1.54, 1.807) is 30.3 Å². The zero-order valence-electron chi connectivity index (χ0n) is 10.7. The van der Waals surface area contributed by atoms with Crippen molar-refractivity contribution in [2.75, 3.05) is 7.11 Å². The van der Waals surface area contributed by atoms with Gasteiger partial charge in [0, 0.05) is 0 Å². The summed E-state index contributed by atoms with van der Waals surface area (Å²) in [5.41, 5.74) is 2.85. The highest BCUT2D eigenvalue weighted by molar-refractivity contribution is 5.97. The molecular formula is C14H14N2O3. The smallest absolute Gasteiger partial charge is 0.275 e. The van der Waals surface area contributed by atoms with Crippen molar-refractivity contribution in [3.05, 3.63) is 53.5 Å². The number of rotatable bonds is 4. The molecule has 0 aliphatic heterocycles. The number of nitrogens with one attached hydrogen (secondary N) is 1. The van der Waals surface area contributed by atoms with Crippen LogP contribution >= 0.6 is 0 Å². The van der Waals surface area contributed by atoms with Gasteiger partial charge in [0.05, 0.1) is 18.9 Å². The normalized spacial score (nSPS) is 10.6. The molecule has 0 saturated heterocycles. The standard InChI is InChI=1S/C14H14N2O3/c1-10-7-8-11(19-10)9-15-16-14(17)12-5-3-4-6-13(12)18-2/h3-9H,1-2H3,(H,16,17)/b15-9+. The summed E-state index contributed by atoms with van der Waals surface area (Å²) < 4.78 is 10.4. The Hall–Kier alpha value is -2.56. The minimum atomic E-state index is -0.336. The second-order valence-electron chi connectivity index (χ2n) is 3.85. The maximum absolute atomic E-state index is 11.9. The second-order valence-corrected chi connectivity index (χ2v) is 3.85. The maximum atomic E-state index is 11.9. The Labute approximate surface area is 110 Å². The predicted molar refractivity (Wildman–Crippen MR) is 71.5 cm³/mol. The number of hydrazone groups is 1. The fourth-order valence-corrected chi connectivity index (χ4v) is 1.57. The molecule has 0 fully saturated rings. The molecule has 1 amide bonds. The molecule has 0 bridgehead atoms. The molecular weight excluding hydrogens is 244 g/mol. The van der Waals surface area contributed by atoms with Crippen LogP contribution in [0.1, 0.15) is 21.9 Å². The van der Waals surface area contributed by atoms with Gasteiger partial charge in [0.2, 0.25) is 0 Å². The highest BCUT2D eigenvalue weighted by Gasteiger charge is 2.09. The van der Waals surface area contributed by atoms with Crippen LogP contribution in [-0.4, -0.2) is 19.2 Å². The Morgan fingerprint density at radius 3 is 2.79 bits per heavy atom. The number of amides is 1. The van der Waals surface area contributed by atoms with Crippen LogP contribution in [0.25, 0.3) is 0 Å². The van der Waals surface area contributed by atoms with Gasteiger partial charge in [-0.2, -0.15) is 5.10 Å². The molecule has 1 aromatic carbocycles. The van der Waals surface area contributed by atoms with Gasteiger partial charge in [0.1, 0.15) is 17.3 Å². The number of carbonyl (C=O) groups is 1. The third kappa shape index (κ3) is 3.22. The summed E-state index contributed by atoms with van der Waals surface area (Å²) >= 11 is 0. The van der Waals surface area contributed by atoms with Crippen molar-refractivity contribution in [1.82, 2.24) is 5.43 Å². The Balaban J connectivity index is 2.03. The Morgan fingerprint density at radius 1 is 1.32 bits per heavy atom. The average molecular weight is 258 g/mol. The fourth-order valence-electron chi connectivity index (χ4n) is 1.57. The summed E-state index contributed by atoms with van der Waals surface area (Å²) in [6.07, 6.45) is 1.44. The number of aryl methyl sites for hydroxylation is 1. The van der Waals surface area contributed by atoms with E-state index in [9.17, 15) is 4.79 Å². The number of methoxy groups -OCH3 is 1. The quantitative estimate of drug-likeness (QED) is 0.676. The molecule has 1 N–H and O–H groups in total. The predicted octanol–water partition coefficient (Wildman–Crippen LogP) is 2.36. The van der Waals surface area contributed by atoms with Crippen LogP contribution in [0.15, 0.2) is 45.9 Å². The van der Waals surface area contributed by atoms with E-state index in [1.165, 1.54) is 13.3 Å². The summed E-state index contributed by atoms with van der Waals surface area (Å²) in [6.45, 7) is 1.84. The number of benzene rings is 1. The third-order valence-corrected chi connectivity index (χ3v) is 2.47. The van der Waals surface area contributed by atoms with Crippen LogP contribution in [0.3, 0.4) is 0 Å². The molecule has 0 unspecified atom stereocenters. The first-order chi connectivity index (χ1) is 9.20. The lowest BCUT2D eigenvalue weighted by Gasteiger charge is -2.05. The number of para-hydroxylation sites is 1. The molecule has 2 aromatic rings. The van der Waals surface area contributed by atoms with E-state index < -0.39 is 0 Å². The number of nitrogens with zero attached hydrogens (tertiary/aromatic N) is 1.